The molecule has 0 bridgehead atoms. The molecule has 2 rings (SSSR count). The van der Waals surface area contributed by atoms with Gasteiger partial charge in [0.05, 0.1) is 16.5 Å². The molecule has 158 valence electrons. The van der Waals surface area contributed by atoms with Gasteiger partial charge in [0, 0.05) is 6.54 Å². The van der Waals surface area contributed by atoms with Crippen molar-refractivity contribution in [3.63, 3.8) is 0 Å². The zero-order valence-electron chi connectivity index (χ0n) is 16.7. The molecule has 0 aliphatic carbocycles. The van der Waals surface area contributed by atoms with Gasteiger partial charge in [0.25, 0.3) is 0 Å². The number of amides is 1. The van der Waals surface area contributed by atoms with E-state index in [1.165, 1.54) is 18.2 Å². The minimum absolute atomic E-state index is 0.0228. The van der Waals surface area contributed by atoms with E-state index in [0.29, 0.717) is 18.9 Å². The molecule has 0 saturated heterocycles. The summed E-state index contributed by atoms with van der Waals surface area (Å²) in [5.41, 5.74) is 0.857. The second-order valence-corrected chi connectivity index (χ2v) is 8.65. The van der Waals surface area contributed by atoms with E-state index in [1.54, 1.807) is 0 Å². The van der Waals surface area contributed by atoms with E-state index in [1.807, 2.05) is 44.2 Å². The molecule has 0 fully saturated rings. The normalized spacial score (nSPS) is 12.4. The number of carbonyl (C=O) groups excluding carboxylic acids is 1. The zero-order chi connectivity index (χ0) is 21.3. The quantitative estimate of drug-likeness (QED) is 0.525. The number of hydrogen-bond acceptors (Lipinski definition) is 4. The summed E-state index contributed by atoms with van der Waals surface area (Å²) in [5.74, 6) is 0.0502. The Morgan fingerprint density at radius 1 is 1.14 bits per heavy atom. The van der Waals surface area contributed by atoms with Crippen LogP contribution in [0.15, 0.2) is 53.4 Å². The highest BCUT2D eigenvalue weighted by Gasteiger charge is 2.26. The van der Waals surface area contributed by atoms with Gasteiger partial charge in [0.2, 0.25) is 15.9 Å². The largest absolute Gasteiger partial charge is 0.492 e. The molecule has 2 aromatic carbocycles. The number of benzene rings is 2. The van der Waals surface area contributed by atoms with E-state index in [9.17, 15) is 13.2 Å². The molecule has 8 heteroatoms. The van der Waals surface area contributed by atoms with Crippen molar-refractivity contribution in [2.45, 2.75) is 44.0 Å². The standard InChI is InChI=1S/C21H27ClN2O4S/c1-3-5-13-23-21(25)19(14-16-9-7-6-8-10-16)24-29(26,27)17-11-12-20(28-4-2)18(22)15-17/h6-12,15,19,24H,3-5,13-14H2,1-2H3,(H,23,25)/t19-/m1/s1. The fourth-order valence-electron chi connectivity index (χ4n) is 2.73. The van der Waals surface area contributed by atoms with Crippen molar-refractivity contribution >= 4 is 27.5 Å². The van der Waals surface area contributed by atoms with Crippen LogP contribution in [0.25, 0.3) is 0 Å². The maximum atomic E-state index is 12.9. The van der Waals surface area contributed by atoms with E-state index in [-0.39, 0.29) is 22.2 Å². The number of ether oxygens (including phenoxy) is 1. The highest BCUT2D eigenvalue weighted by atomic mass is 35.5. The predicted octanol–water partition coefficient (Wildman–Crippen LogP) is 3.54. The van der Waals surface area contributed by atoms with Gasteiger partial charge in [0.15, 0.2) is 0 Å². The number of nitrogens with one attached hydrogen (secondary N) is 2. The Labute approximate surface area is 177 Å². The maximum absolute atomic E-state index is 12.9. The summed E-state index contributed by atoms with van der Waals surface area (Å²) < 4.78 is 33.7. The van der Waals surface area contributed by atoms with Crippen LogP contribution in [0.2, 0.25) is 5.02 Å². The number of halogens is 1. The van der Waals surface area contributed by atoms with E-state index < -0.39 is 16.1 Å². The zero-order valence-corrected chi connectivity index (χ0v) is 18.2. The van der Waals surface area contributed by atoms with Gasteiger partial charge in [-0.2, -0.15) is 4.72 Å². The maximum Gasteiger partial charge on any atom is 0.241 e. The van der Waals surface area contributed by atoms with Gasteiger partial charge in [-0.15, -0.1) is 0 Å². The average Bonchev–Trinajstić information content (AvgIpc) is 2.70. The average molecular weight is 439 g/mol. The summed E-state index contributed by atoms with van der Waals surface area (Å²) in [6.45, 7) is 4.75. The second kappa shape index (κ2) is 11.2. The van der Waals surface area contributed by atoms with Crippen molar-refractivity contribution < 1.29 is 17.9 Å². The third kappa shape index (κ3) is 7.03. The van der Waals surface area contributed by atoms with Crippen LogP contribution in [0.4, 0.5) is 0 Å². The number of rotatable bonds is 11. The van der Waals surface area contributed by atoms with Crippen molar-refractivity contribution in [1.29, 1.82) is 0 Å². The van der Waals surface area contributed by atoms with Crippen molar-refractivity contribution in [3.8, 4) is 5.75 Å². The van der Waals surface area contributed by atoms with E-state index in [4.69, 9.17) is 16.3 Å². The number of sulfonamides is 1. The third-order valence-corrected chi connectivity index (χ3v) is 6.00. The molecule has 6 nitrogen and oxygen atoms in total. The lowest BCUT2D eigenvalue weighted by Crippen LogP contribution is -2.48. The van der Waals surface area contributed by atoms with Crippen LogP contribution in [-0.2, 0) is 21.2 Å². The van der Waals surface area contributed by atoms with Gasteiger partial charge in [-0.1, -0.05) is 55.3 Å². The van der Waals surface area contributed by atoms with E-state index >= 15 is 0 Å². The van der Waals surface area contributed by atoms with Gasteiger partial charge >= 0.3 is 0 Å². The van der Waals surface area contributed by atoms with Crippen LogP contribution >= 0.6 is 11.6 Å². The molecule has 0 aliphatic rings. The molecule has 29 heavy (non-hydrogen) atoms. The highest BCUT2D eigenvalue weighted by Crippen LogP contribution is 2.27. The topological polar surface area (TPSA) is 84.5 Å². The molecule has 1 amide bonds. The highest BCUT2D eigenvalue weighted by molar-refractivity contribution is 7.89. The molecule has 2 aromatic rings. The molecule has 1 atom stereocenters. The molecule has 2 N–H and O–H groups in total. The Morgan fingerprint density at radius 3 is 2.48 bits per heavy atom. The monoisotopic (exact) mass is 438 g/mol. The van der Waals surface area contributed by atoms with E-state index in [0.717, 1.165) is 18.4 Å². The molecule has 0 heterocycles. The van der Waals surface area contributed by atoms with Crippen molar-refractivity contribution in [1.82, 2.24) is 10.0 Å². The first-order chi connectivity index (χ1) is 13.9. The smallest absolute Gasteiger partial charge is 0.241 e. The molecular weight excluding hydrogens is 412 g/mol. The first-order valence-corrected chi connectivity index (χ1v) is 11.5. The van der Waals surface area contributed by atoms with Gasteiger partial charge < -0.3 is 10.1 Å². The SMILES string of the molecule is CCCCNC(=O)[C@@H](Cc1ccccc1)NS(=O)(=O)c1ccc(OCC)c(Cl)c1. The Kier molecular flexibility index (Phi) is 8.95. The summed E-state index contributed by atoms with van der Waals surface area (Å²) in [6, 6.07) is 12.6. The van der Waals surface area contributed by atoms with Crippen LogP contribution in [0, 0.1) is 0 Å². The van der Waals surface area contributed by atoms with E-state index in [2.05, 4.69) is 10.0 Å². The fourth-order valence-corrected chi connectivity index (χ4v) is 4.25. The van der Waals surface area contributed by atoms with Crippen LogP contribution in [0.3, 0.4) is 0 Å². The molecule has 0 aliphatic heterocycles. The molecule has 0 radical (unpaired) electrons. The molecular formula is C21H27ClN2O4S. The first kappa shape index (κ1) is 23.2. The second-order valence-electron chi connectivity index (χ2n) is 6.53. The van der Waals surface area contributed by atoms with Crippen LogP contribution in [0.5, 0.6) is 5.75 Å². The lowest BCUT2D eigenvalue weighted by atomic mass is 10.1. The summed E-state index contributed by atoms with van der Waals surface area (Å²) in [5, 5.41) is 3.00. The summed E-state index contributed by atoms with van der Waals surface area (Å²) in [6.07, 6.45) is 1.99. The van der Waals surface area contributed by atoms with Crippen LogP contribution in [-0.4, -0.2) is 33.5 Å². The number of hydrogen-bond donors (Lipinski definition) is 2. The lowest BCUT2D eigenvalue weighted by Gasteiger charge is -2.19. The minimum Gasteiger partial charge on any atom is -0.492 e. The Balaban J connectivity index is 2.23. The molecule has 0 spiro atoms. The third-order valence-electron chi connectivity index (χ3n) is 4.24. The first-order valence-electron chi connectivity index (χ1n) is 9.63. The fraction of sp³-hybridized carbons (Fsp3) is 0.381. The van der Waals surface area contributed by atoms with Gasteiger partial charge in [-0.25, -0.2) is 8.42 Å². The van der Waals surface area contributed by atoms with Crippen molar-refractivity contribution in [2.24, 2.45) is 0 Å². The lowest BCUT2D eigenvalue weighted by molar-refractivity contribution is -0.122. The van der Waals surface area contributed by atoms with Crippen molar-refractivity contribution in [3.05, 3.63) is 59.1 Å². The molecule has 0 unspecified atom stereocenters. The summed E-state index contributed by atoms with van der Waals surface area (Å²) in [4.78, 5) is 12.6. The predicted molar refractivity (Wildman–Crippen MR) is 115 cm³/mol. The van der Waals surface area contributed by atoms with Gasteiger partial charge in [0.1, 0.15) is 11.8 Å². The Morgan fingerprint density at radius 2 is 1.86 bits per heavy atom. The number of carbonyl (C=O) groups is 1. The molecule has 0 saturated carbocycles. The number of unbranched alkanes of at least 4 members (excludes halogenated alkanes) is 1. The minimum atomic E-state index is -3.96. The Hall–Kier alpha value is -2.09. The van der Waals surface area contributed by atoms with Gasteiger partial charge in [-0.3, -0.25) is 4.79 Å². The summed E-state index contributed by atoms with van der Waals surface area (Å²) in [7, 11) is -3.96. The summed E-state index contributed by atoms with van der Waals surface area (Å²) >= 11 is 6.13. The Bertz CT molecular complexity index is 904. The van der Waals surface area contributed by atoms with Gasteiger partial charge in [-0.05, 0) is 43.5 Å². The van der Waals surface area contributed by atoms with Crippen LogP contribution < -0.4 is 14.8 Å². The molecule has 0 aromatic heterocycles. The van der Waals surface area contributed by atoms with Crippen molar-refractivity contribution in [2.75, 3.05) is 13.2 Å². The van der Waals surface area contributed by atoms with Crippen LogP contribution in [0.1, 0.15) is 32.3 Å².